The first-order valence-corrected chi connectivity index (χ1v) is 10.7. The van der Waals surface area contributed by atoms with Gasteiger partial charge in [-0.3, -0.25) is 9.78 Å². The lowest BCUT2D eigenvalue weighted by atomic mass is 10.0. The van der Waals surface area contributed by atoms with Gasteiger partial charge in [-0.05, 0) is 56.2 Å². The van der Waals surface area contributed by atoms with Gasteiger partial charge in [-0.25, -0.2) is 4.79 Å². The topological polar surface area (TPSA) is 89.5 Å². The molecule has 33 heavy (non-hydrogen) atoms. The molecule has 0 aliphatic rings. The highest BCUT2D eigenvalue weighted by molar-refractivity contribution is 5.96. The minimum atomic E-state index is -0.837. The van der Waals surface area contributed by atoms with E-state index < -0.39 is 17.7 Å². The van der Waals surface area contributed by atoms with Gasteiger partial charge in [0.1, 0.15) is 24.0 Å². The molecule has 0 aliphatic heterocycles. The summed E-state index contributed by atoms with van der Waals surface area (Å²) in [5, 5.41) is 5.46. The highest BCUT2D eigenvalue weighted by Crippen LogP contribution is 2.16. The van der Waals surface area contributed by atoms with Crippen LogP contribution in [0.5, 0.6) is 5.75 Å². The number of amides is 2. The van der Waals surface area contributed by atoms with Crippen molar-refractivity contribution in [3.63, 3.8) is 0 Å². The van der Waals surface area contributed by atoms with Gasteiger partial charge in [0.25, 0.3) is 0 Å². The van der Waals surface area contributed by atoms with Gasteiger partial charge >= 0.3 is 6.09 Å². The summed E-state index contributed by atoms with van der Waals surface area (Å²) in [6.07, 6.45) is 2.79. The Morgan fingerprint density at radius 3 is 2.30 bits per heavy atom. The van der Waals surface area contributed by atoms with Crippen LogP contribution in [-0.4, -0.2) is 28.6 Å². The first-order valence-electron chi connectivity index (χ1n) is 10.7. The average molecular weight is 448 g/mol. The molecule has 1 atom stereocenters. The van der Waals surface area contributed by atoms with Crippen LogP contribution >= 0.6 is 0 Å². The third-order valence-electron chi connectivity index (χ3n) is 4.55. The molecule has 0 fully saturated rings. The summed E-state index contributed by atoms with van der Waals surface area (Å²) in [6, 6.07) is 20.0. The second-order valence-electron chi connectivity index (χ2n) is 8.55. The molecular weight excluding hydrogens is 418 g/mol. The predicted octanol–water partition coefficient (Wildman–Crippen LogP) is 4.74. The molecule has 0 saturated heterocycles. The number of anilines is 1. The molecule has 2 amide bonds. The number of aromatic nitrogens is 1. The molecule has 1 aromatic heterocycles. The van der Waals surface area contributed by atoms with Crippen LogP contribution in [0.4, 0.5) is 10.5 Å². The lowest BCUT2D eigenvalue weighted by molar-refractivity contribution is -0.118. The third-order valence-corrected chi connectivity index (χ3v) is 4.55. The van der Waals surface area contributed by atoms with E-state index in [1.54, 1.807) is 45.3 Å². The number of rotatable bonds is 8. The molecule has 3 rings (SSSR count). The zero-order valence-electron chi connectivity index (χ0n) is 19.1. The second kappa shape index (κ2) is 11.1. The number of hydrogen-bond acceptors (Lipinski definition) is 5. The molecule has 0 saturated carbocycles. The predicted molar refractivity (Wildman–Crippen MR) is 127 cm³/mol. The first-order chi connectivity index (χ1) is 15.8. The van der Waals surface area contributed by atoms with Crippen molar-refractivity contribution in [3.8, 4) is 5.75 Å². The number of carbonyl (C=O) groups is 2. The van der Waals surface area contributed by atoms with E-state index in [9.17, 15) is 9.59 Å². The van der Waals surface area contributed by atoms with Gasteiger partial charge in [0.05, 0.1) is 11.9 Å². The molecule has 0 unspecified atom stereocenters. The van der Waals surface area contributed by atoms with Crippen molar-refractivity contribution in [2.45, 2.75) is 45.4 Å². The maximum absolute atomic E-state index is 12.9. The number of carbonyl (C=O) groups excluding carboxylic acids is 2. The van der Waals surface area contributed by atoms with E-state index in [1.165, 1.54) is 0 Å². The fourth-order valence-corrected chi connectivity index (χ4v) is 3.02. The van der Waals surface area contributed by atoms with E-state index in [0.29, 0.717) is 12.3 Å². The lowest BCUT2D eigenvalue weighted by Gasteiger charge is -2.23. The number of nitrogens with zero attached hydrogens (tertiary/aromatic N) is 1. The smallest absolute Gasteiger partial charge is 0.408 e. The molecule has 2 aromatic carbocycles. The summed E-state index contributed by atoms with van der Waals surface area (Å²) in [4.78, 5) is 29.3. The normalized spacial score (nSPS) is 11.8. The zero-order valence-corrected chi connectivity index (χ0v) is 19.1. The van der Waals surface area contributed by atoms with Gasteiger partial charge in [-0.2, -0.15) is 0 Å². The van der Waals surface area contributed by atoms with Crippen molar-refractivity contribution < 1.29 is 19.1 Å². The van der Waals surface area contributed by atoms with Crippen molar-refractivity contribution >= 4 is 17.7 Å². The van der Waals surface area contributed by atoms with Gasteiger partial charge in [0.2, 0.25) is 5.91 Å². The second-order valence-corrected chi connectivity index (χ2v) is 8.55. The van der Waals surface area contributed by atoms with Crippen LogP contribution in [0.15, 0.2) is 79.1 Å². The molecule has 3 aromatic rings. The van der Waals surface area contributed by atoms with Crippen LogP contribution in [0, 0.1) is 0 Å². The summed E-state index contributed by atoms with van der Waals surface area (Å²) < 4.78 is 11.2. The summed E-state index contributed by atoms with van der Waals surface area (Å²) >= 11 is 0. The monoisotopic (exact) mass is 447 g/mol. The van der Waals surface area contributed by atoms with Crippen LogP contribution in [-0.2, 0) is 22.6 Å². The Hall–Kier alpha value is -3.87. The Morgan fingerprint density at radius 1 is 0.939 bits per heavy atom. The Bertz CT molecular complexity index is 1030. The Morgan fingerprint density at radius 2 is 1.67 bits per heavy atom. The van der Waals surface area contributed by atoms with Gasteiger partial charge in [0.15, 0.2) is 0 Å². The minimum absolute atomic E-state index is 0.282. The highest BCUT2D eigenvalue weighted by atomic mass is 16.6. The summed E-state index contributed by atoms with van der Waals surface area (Å²) in [5.74, 6) is 0.359. The lowest BCUT2D eigenvalue weighted by Crippen LogP contribution is -2.47. The Balaban J connectivity index is 1.66. The van der Waals surface area contributed by atoms with Crippen LogP contribution in [0.1, 0.15) is 31.9 Å². The number of alkyl carbamates (subject to hydrolysis) is 1. The molecule has 7 heteroatoms. The number of benzene rings is 2. The Kier molecular flexibility index (Phi) is 8.02. The zero-order chi connectivity index (χ0) is 23.7. The standard InChI is InChI=1S/C26H29N3O4/c1-26(2,3)33-25(31)29-23(24(30)28-21-10-7-15-27-17-21)16-19-11-13-22(14-12-19)32-18-20-8-5-4-6-9-20/h4-15,17,23H,16,18H2,1-3H3,(H,28,30)(H,29,31)/t23-/m0/s1. The van der Waals surface area contributed by atoms with Crippen molar-refractivity contribution in [2.24, 2.45) is 0 Å². The van der Waals surface area contributed by atoms with Gasteiger partial charge in [-0.1, -0.05) is 42.5 Å². The molecule has 0 aliphatic carbocycles. The maximum Gasteiger partial charge on any atom is 0.408 e. The van der Waals surface area contributed by atoms with E-state index in [1.807, 2.05) is 54.6 Å². The van der Waals surface area contributed by atoms with Crippen molar-refractivity contribution in [3.05, 3.63) is 90.3 Å². The molecule has 2 N–H and O–H groups in total. The third kappa shape index (κ3) is 8.29. The van der Waals surface area contributed by atoms with Gasteiger partial charge in [0, 0.05) is 12.6 Å². The maximum atomic E-state index is 12.9. The van der Waals surface area contributed by atoms with E-state index in [-0.39, 0.29) is 12.3 Å². The van der Waals surface area contributed by atoms with Crippen molar-refractivity contribution in [1.82, 2.24) is 10.3 Å². The van der Waals surface area contributed by atoms with Crippen LogP contribution in [0.3, 0.4) is 0 Å². The minimum Gasteiger partial charge on any atom is -0.489 e. The van der Waals surface area contributed by atoms with Crippen molar-refractivity contribution in [2.75, 3.05) is 5.32 Å². The summed E-state index contributed by atoms with van der Waals surface area (Å²) in [7, 11) is 0. The molecule has 0 radical (unpaired) electrons. The van der Waals surface area contributed by atoms with Crippen LogP contribution < -0.4 is 15.4 Å². The molecular formula is C26H29N3O4. The van der Waals surface area contributed by atoms with E-state index in [4.69, 9.17) is 9.47 Å². The fraction of sp³-hybridized carbons (Fsp3) is 0.269. The number of pyridine rings is 1. The fourth-order valence-electron chi connectivity index (χ4n) is 3.02. The largest absolute Gasteiger partial charge is 0.489 e. The van der Waals surface area contributed by atoms with E-state index in [2.05, 4.69) is 15.6 Å². The van der Waals surface area contributed by atoms with E-state index in [0.717, 1.165) is 16.9 Å². The molecule has 0 spiro atoms. The van der Waals surface area contributed by atoms with Crippen LogP contribution in [0.25, 0.3) is 0 Å². The van der Waals surface area contributed by atoms with Gasteiger partial charge < -0.3 is 20.1 Å². The SMILES string of the molecule is CC(C)(C)OC(=O)N[C@@H](Cc1ccc(OCc2ccccc2)cc1)C(=O)Nc1cccnc1. The quantitative estimate of drug-likeness (QED) is 0.521. The molecule has 1 heterocycles. The summed E-state index contributed by atoms with van der Waals surface area (Å²) in [5.41, 5.74) is 1.81. The average Bonchev–Trinajstić information content (AvgIpc) is 2.78. The number of hydrogen-bond donors (Lipinski definition) is 2. The highest BCUT2D eigenvalue weighted by Gasteiger charge is 2.25. The molecule has 7 nitrogen and oxygen atoms in total. The van der Waals surface area contributed by atoms with Crippen LogP contribution in [0.2, 0.25) is 0 Å². The first kappa shape index (κ1) is 23.8. The Labute approximate surface area is 194 Å². The number of ether oxygens (including phenoxy) is 2. The molecule has 172 valence electrons. The number of nitrogens with one attached hydrogen (secondary N) is 2. The van der Waals surface area contributed by atoms with Crippen molar-refractivity contribution in [1.29, 1.82) is 0 Å². The summed E-state index contributed by atoms with van der Waals surface area (Å²) in [6.45, 7) is 5.78. The van der Waals surface area contributed by atoms with E-state index >= 15 is 0 Å². The molecule has 0 bridgehead atoms. The van der Waals surface area contributed by atoms with Gasteiger partial charge in [-0.15, -0.1) is 0 Å².